The van der Waals surface area contributed by atoms with Crippen LogP contribution in [0.1, 0.15) is 32.8 Å². The molecule has 0 bridgehead atoms. The number of alkyl carbamates (subject to hydrolysis) is 1. The van der Waals surface area contributed by atoms with Gasteiger partial charge in [-0.15, -0.1) is 24.0 Å². The Kier molecular flexibility index (Phi) is 13.6. The van der Waals surface area contributed by atoms with E-state index in [4.69, 9.17) is 4.74 Å². The van der Waals surface area contributed by atoms with Crippen LogP contribution in [0.4, 0.5) is 4.79 Å². The van der Waals surface area contributed by atoms with E-state index in [1.807, 2.05) is 30.3 Å². The second-order valence-corrected chi connectivity index (χ2v) is 9.26. The fourth-order valence-corrected chi connectivity index (χ4v) is 3.09. The van der Waals surface area contributed by atoms with Gasteiger partial charge in [0.25, 0.3) is 0 Å². The fraction of sp³-hybridized carbons (Fsp3) is 0.579. The summed E-state index contributed by atoms with van der Waals surface area (Å²) >= 11 is 0. The van der Waals surface area contributed by atoms with Gasteiger partial charge in [0.15, 0.2) is 5.96 Å². The van der Waals surface area contributed by atoms with Crippen LogP contribution < -0.4 is 20.7 Å². The molecule has 0 fully saturated rings. The first kappa shape index (κ1) is 28.4. The first-order chi connectivity index (χ1) is 13.6. The first-order valence-corrected chi connectivity index (χ1v) is 11.2. The number of rotatable bonds is 10. The number of benzene rings is 1. The minimum atomic E-state index is -3.39. The molecule has 9 nitrogen and oxygen atoms in total. The van der Waals surface area contributed by atoms with E-state index in [1.54, 1.807) is 27.8 Å². The summed E-state index contributed by atoms with van der Waals surface area (Å²) in [6.45, 7) is 6.93. The van der Waals surface area contributed by atoms with Gasteiger partial charge in [-0.3, -0.25) is 4.99 Å². The van der Waals surface area contributed by atoms with Crippen LogP contribution >= 0.6 is 24.0 Å². The molecule has 0 aliphatic heterocycles. The second kappa shape index (κ2) is 14.4. The molecule has 0 atom stereocenters. The lowest BCUT2D eigenvalue weighted by Crippen LogP contribution is -2.42. The van der Waals surface area contributed by atoms with Crippen LogP contribution in [0.3, 0.4) is 0 Å². The zero-order chi connectivity index (χ0) is 21.8. The number of nitrogens with one attached hydrogen (secondary N) is 4. The van der Waals surface area contributed by atoms with Crippen molar-refractivity contribution in [2.75, 3.05) is 32.4 Å². The molecule has 4 N–H and O–H groups in total. The molecule has 0 aliphatic rings. The number of ether oxygens (including phenoxy) is 1. The van der Waals surface area contributed by atoms with Gasteiger partial charge in [-0.05, 0) is 32.8 Å². The molecule has 0 saturated carbocycles. The van der Waals surface area contributed by atoms with Crippen LogP contribution in [0.2, 0.25) is 0 Å². The van der Waals surface area contributed by atoms with E-state index in [-0.39, 0.29) is 42.8 Å². The topological polar surface area (TPSA) is 121 Å². The number of halogens is 1. The largest absolute Gasteiger partial charge is 0.444 e. The van der Waals surface area contributed by atoms with Gasteiger partial charge in [0.05, 0.1) is 5.75 Å². The Hall–Kier alpha value is -1.60. The maximum absolute atomic E-state index is 12.1. The van der Waals surface area contributed by atoms with E-state index in [2.05, 4.69) is 25.7 Å². The van der Waals surface area contributed by atoms with Crippen LogP contribution in [0, 0.1) is 0 Å². The van der Waals surface area contributed by atoms with E-state index in [9.17, 15) is 13.2 Å². The van der Waals surface area contributed by atoms with Gasteiger partial charge in [0.1, 0.15) is 5.60 Å². The Morgan fingerprint density at radius 2 is 1.63 bits per heavy atom. The molecule has 0 aromatic heterocycles. The van der Waals surface area contributed by atoms with Crippen molar-refractivity contribution in [1.29, 1.82) is 0 Å². The van der Waals surface area contributed by atoms with Gasteiger partial charge in [0.2, 0.25) is 10.0 Å². The van der Waals surface area contributed by atoms with Gasteiger partial charge in [-0.25, -0.2) is 17.9 Å². The number of sulfonamides is 1. The Bertz CT molecular complexity index is 752. The molecule has 0 aliphatic carbocycles. The van der Waals surface area contributed by atoms with Crippen molar-refractivity contribution in [1.82, 2.24) is 20.7 Å². The van der Waals surface area contributed by atoms with Crippen molar-refractivity contribution in [3.63, 3.8) is 0 Å². The molecular formula is C19H34IN5O4S. The SMILES string of the molecule is CN=C(NCCCNC(=O)OC(C)(C)C)NCCS(=O)(=O)NCc1ccccc1.I. The van der Waals surface area contributed by atoms with Crippen LogP contribution in [-0.2, 0) is 21.3 Å². The summed E-state index contributed by atoms with van der Waals surface area (Å²) in [6.07, 6.45) is 0.213. The number of hydrogen-bond acceptors (Lipinski definition) is 5. The molecule has 0 saturated heterocycles. The Labute approximate surface area is 196 Å². The number of guanidine groups is 1. The lowest BCUT2D eigenvalue weighted by molar-refractivity contribution is 0.0527. The van der Waals surface area contributed by atoms with Crippen molar-refractivity contribution in [2.24, 2.45) is 4.99 Å². The van der Waals surface area contributed by atoms with Crippen LogP contribution in [0.5, 0.6) is 0 Å². The standard InChI is InChI=1S/C19H33N5O4S.HI/c1-19(2,3)28-18(25)23-12-8-11-21-17(20-4)22-13-14-29(26,27)24-15-16-9-6-5-7-10-16;/h5-7,9-10,24H,8,11-15H2,1-4H3,(H,23,25)(H2,20,21,22);1H. The second-order valence-electron chi connectivity index (χ2n) is 7.33. The van der Waals surface area contributed by atoms with Gasteiger partial charge in [-0.1, -0.05) is 30.3 Å². The molecule has 1 aromatic carbocycles. The van der Waals surface area contributed by atoms with Crippen molar-refractivity contribution in [2.45, 2.75) is 39.3 Å². The Morgan fingerprint density at radius 3 is 2.23 bits per heavy atom. The maximum Gasteiger partial charge on any atom is 0.407 e. The van der Waals surface area contributed by atoms with E-state index >= 15 is 0 Å². The highest BCUT2D eigenvalue weighted by molar-refractivity contribution is 14.0. The predicted octanol–water partition coefficient (Wildman–Crippen LogP) is 1.80. The molecule has 0 heterocycles. The zero-order valence-corrected chi connectivity index (χ0v) is 21.2. The number of amides is 1. The highest BCUT2D eigenvalue weighted by atomic mass is 127. The smallest absolute Gasteiger partial charge is 0.407 e. The van der Waals surface area contributed by atoms with Crippen molar-refractivity contribution in [3.8, 4) is 0 Å². The molecule has 0 spiro atoms. The van der Waals surface area contributed by atoms with Gasteiger partial charge < -0.3 is 20.7 Å². The first-order valence-electron chi connectivity index (χ1n) is 9.54. The van der Waals surface area contributed by atoms with Crippen molar-refractivity contribution < 1.29 is 17.9 Å². The molecular weight excluding hydrogens is 521 g/mol. The Balaban J connectivity index is 0.00000841. The lowest BCUT2D eigenvalue weighted by Gasteiger charge is -2.19. The summed E-state index contributed by atoms with van der Waals surface area (Å²) < 4.78 is 31.9. The molecule has 1 amide bonds. The van der Waals surface area contributed by atoms with E-state index in [0.717, 1.165) is 5.56 Å². The normalized spacial score (nSPS) is 11.9. The van der Waals surface area contributed by atoms with Crippen LogP contribution in [0.25, 0.3) is 0 Å². The number of carbonyl (C=O) groups excluding carboxylic acids is 1. The van der Waals surface area contributed by atoms with E-state index in [0.29, 0.717) is 25.5 Å². The highest BCUT2D eigenvalue weighted by Crippen LogP contribution is 2.06. The summed E-state index contributed by atoms with van der Waals surface area (Å²) in [5, 5.41) is 8.70. The highest BCUT2D eigenvalue weighted by Gasteiger charge is 2.15. The Morgan fingerprint density at radius 1 is 1.03 bits per heavy atom. The minimum Gasteiger partial charge on any atom is -0.444 e. The lowest BCUT2D eigenvalue weighted by atomic mass is 10.2. The third kappa shape index (κ3) is 14.4. The summed E-state index contributed by atoms with van der Waals surface area (Å²) in [6, 6.07) is 9.34. The summed E-state index contributed by atoms with van der Waals surface area (Å²) in [7, 11) is -1.79. The van der Waals surface area contributed by atoms with Gasteiger partial charge in [0, 0.05) is 33.2 Å². The number of aliphatic imine (C=N–C) groups is 1. The third-order valence-electron chi connectivity index (χ3n) is 3.54. The molecule has 11 heteroatoms. The molecule has 0 radical (unpaired) electrons. The van der Waals surface area contributed by atoms with Crippen LogP contribution in [0.15, 0.2) is 35.3 Å². The molecule has 30 heavy (non-hydrogen) atoms. The number of hydrogen-bond donors (Lipinski definition) is 4. The van der Waals surface area contributed by atoms with Gasteiger partial charge in [-0.2, -0.15) is 0 Å². The van der Waals surface area contributed by atoms with Crippen LogP contribution in [-0.4, -0.2) is 58.5 Å². The monoisotopic (exact) mass is 555 g/mol. The summed E-state index contributed by atoms with van der Waals surface area (Å²) in [5.41, 5.74) is 0.381. The van der Waals surface area contributed by atoms with Crippen molar-refractivity contribution >= 4 is 46.1 Å². The molecule has 1 rings (SSSR count). The van der Waals surface area contributed by atoms with E-state index < -0.39 is 21.7 Å². The van der Waals surface area contributed by atoms with E-state index in [1.165, 1.54) is 0 Å². The third-order valence-corrected chi connectivity index (χ3v) is 4.87. The average Bonchev–Trinajstić information content (AvgIpc) is 2.64. The fourth-order valence-electron chi connectivity index (χ4n) is 2.19. The number of carbonyl (C=O) groups is 1. The zero-order valence-electron chi connectivity index (χ0n) is 18.0. The average molecular weight is 555 g/mol. The molecule has 172 valence electrons. The summed E-state index contributed by atoms with van der Waals surface area (Å²) in [5.74, 6) is 0.432. The van der Waals surface area contributed by atoms with Gasteiger partial charge >= 0.3 is 6.09 Å². The molecule has 0 unspecified atom stereocenters. The molecule has 1 aromatic rings. The predicted molar refractivity (Wildman–Crippen MR) is 131 cm³/mol. The minimum absolute atomic E-state index is 0. The quantitative estimate of drug-likeness (QED) is 0.151. The maximum atomic E-state index is 12.1. The summed E-state index contributed by atoms with van der Waals surface area (Å²) in [4.78, 5) is 15.6. The number of nitrogens with zero attached hydrogens (tertiary/aromatic N) is 1. The van der Waals surface area contributed by atoms with Crippen molar-refractivity contribution in [3.05, 3.63) is 35.9 Å².